The minimum atomic E-state index is -0.656. The molecule has 3 N–H and O–H groups in total. The average molecular weight is 383 g/mol. The number of carbonyl (C=O) groups excluding carboxylic acids is 2. The van der Waals surface area contributed by atoms with E-state index in [1.54, 1.807) is 24.5 Å². The fourth-order valence-electron chi connectivity index (χ4n) is 3.31. The molecule has 7 nitrogen and oxygen atoms in total. The van der Waals surface area contributed by atoms with Crippen LogP contribution >= 0.6 is 0 Å². The number of aliphatic hydroxyl groups is 1. The number of nitrogens with zero attached hydrogens (tertiary/aromatic N) is 1. The van der Waals surface area contributed by atoms with Crippen molar-refractivity contribution in [2.75, 3.05) is 13.2 Å². The van der Waals surface area contributed by atoms with Gasteiger partial charge in [-0.3, -0.25) is 14.6 Å². The van der Waals surface area contributed by atoms with Crippen molar-refractivity contribution in [1.82, 2.24) is 15.6 Å². The molecule has 3 rings (SSSR count). The van der Waals surface area contributed by atoms with Gasteiger partial charge in [0.25, 0.3) is 5.91 Å². The quantitative estimate of drug-likeness (QED) is 0.630. The number of amides is 2. The average Bonchev–Trinajstić information content (AvgIpc) is 2.74. The Morgan fingerprint density at radius 3 is 2.61 bits per heavy atom. The molecule has 0 saturated heterocycles. The maximum Gasteiger partial charge on any atom is 0.251 e. The Morgan fingerprint density at radius 2 is 1.86 bits per heavy atom. The molecule has 1 saturated carbocycles. The van der Waals surface area contributed by atoms with Crippen LogP contribution in [-0.4, -0.2) is 47.2 Å². The predicted molar refractivity (Wildman–Crippen MR) is 104 cm³/mol. The van der Waals surface area contributed by atoms with Crippen LogP contribution in [0.15, 0.2) is 54.9 Å². The van der Waals surface area contributed by atoms with Crippen LogP contribution < -0.4 is 15.4 Å². The number of benzene rings is 1. The molecule has 3 atom stereocenters. The smallest absolute Gasteiger partial charge is 0.251 e. The number of pyridine rings is 1. The summed E-state index contributed by atoms with van der Waals surface area (Å²) in [6, 6.07) is 12.2. The molecule has 0 unspecified atom stereocenters. The van der Waals surface area contributed by atoms with Gasteiger partial charge in [0.15, 0.2) is 0 Å². The summed E-state index contributed by atoms with van der Waals surface area (Å²) in [7, 11) is 0. The van der Waals surface area contributed by atoms with E-state index in [-0.39, 0.29) is 17.7 Å². The van der Waals surface area contributed by atoms with Crippen molar-refractivity contribution in [3.8, 4) is 5.75 Å². The molecule has 2 amide bonds. The van der Waals surface area contributed by atoms with Crippen molar-refractivity contribution < 1.29 is 19.4 Å². The first-order valence-electron chi connectivity index (χ1n) is 9.48. The fraction of sp³-hybridized carbons (Fsp3) is 0.381. The van der Waals surface area contributed by atoms with E-state index in [4.69, 9.17) is 4.74 Å². The first-order valence-corrected chi connectivity index (χ1v) is 9.48. The minimum Gasteiger partial charge on any atom is -0.492 e. The Balaban J connectivity index is 1.45. The molecule has 0 spiro atoms. The van der Waals surface area contributed by atoms with E-state index in [2.05, 4.69) is 15.6 Å². The number of nitrogens with one attached hydrogen (secondary N) is 2. The lowest BCUT2D eigenvalue weighted by atomic mass is 9.83. The molecular weight excluding hydrogens is 358 g/mol. The number of carbonyl (C=O) groups is 2. The molecule has 1 aliphatic carbocycles. The molecule has 0 bridgehead atoms. The first kappa shape index (κ1) is 19.8. The Bertz CT molecular complexity index is 770. The van der Waals surface area contributed by atoms with Crippen molar-refractivity contribution >= 4 is 11.8 Å². The lowest BCUT2D eigenvalue weighted by Gasteiger charge is -2.33. The van der Waals surface area contributed by atoms with Crippen molar-refractivity contribution in [3.63, 3.8) is 0 Å². The fourth-order valence-corrected chi connectivity index (χ4v) is 3.31. The highest BCUT2D eigenvalue weighted by Crippen LogP contribution is 2.25. The lowest BCUT2D eigenvalue weighted by molar-refractivity contribution is -0.127. The van der Waals surface area contributed by atoms with Crippen LogP contribution in [0.2, 0.25) is 0 Å². The molecule has 148 valence electrons. The number of aliphatic hydroxyl groups excluding tert-OH is 1. The molecule has 0 aliphatic heterocycles. The zero-order valence-electron chi connectivity index (χ0n) is 15.6. The van der Waals surface area contributed by atoms with Gasteiger partial charge in [0.05, 0.1) is 18.7 Å². The molecule has 28 heavy (non-hydrogen) atoms. The van der Waals surface area contributed by atoms with Gasteiger partial charge < -0.3 is 20.5 Å². The Kier molecular flexibility index (Phi) is 6.97. The number of rotatable bonds is 7. The molecule has 1 heterocycles. The van der Waals surface area contributed by atoms with E-state index in [1.807, 2.05) is 30.3 Å². The topological polar surface area (TPSA) is 101 Å². The van der Waals surface area contributed by atoms with E-state index >= 15 is 0 Å². The first-order chi connectivity index (χ1) is 13.6. The summed E-state index contributed by atoms with van der Waals surface area (Å²) in [5.41, 5.74) is 0.479. The van der Waals surface area contributed by atoms with Gasteiger partial charge in [-0.05, 0) is 43.5 Å². The van der Waals surface area contributed by atoms with Crippen molar-refractivity contribution in [2.24, 2.45) is 5.92 Å². The molecule has 0 radical (unpaired) electrons. The van der Waals surface area contributed by atoms with Gasteiger partial charge in [0.2, 0.25) is 5.91 Å². The molecule has 1 aromatic carbocycles. The second-order valence-electron chi connectivity index (χ2n) is 6.85. The van der Waals surface area contributed by atoms with Crippen molar-refractivity contribution in [3.05, 3.63) is 60.4 Å². The SMILES string of the molecule is O=C(N[C@@H]1C[C@@H](C(=O)NCCOc2ccccc2)CC[C@H]1O)c1ccncc1. The summed E-state index contributed by atoms with van der Waals surface area (Å²) in [5.74, 6) is 0.162. The molecule has 2 aromatic rings. The Hall–Kier alpha value is -2.93. The van der Waals surface area contributed by atoms with Gasteiger partial charge in [-0.15, -0.1) is 0 Å². The van der Waals surface area contributed by atoms with E-state index in [1.165, 1.54) is 0 Å². The van der Waals surface area contributed by atoms with Gasteiger partial charge in [-0.25, -0.2) is 0 Å². The van der Waals surface area contributed by atoms with Gasteiger partial charge in [-0.2, -0.15) is 0 Å². The summed E-state index contributed by atoms with van der Waals surface area (Å²) in [6.07, 6.45) is 3.90. The third-order valence-corrected chi connectivity index (χ3v) is 4.86. The van der Waals surface area contributed by atoms with Gasteiger partial charge in [-0.1, -0.05) is 18.2 Å². The van der Waals surface area contributed by atoms with Gasteiger partial charge >= 0.3 is 0 Å². The van der Waals surface area contributed by atoms with Crippen LogP contribution in [0.1, 0.15) is 29.6 Å². The Labute approximate surface area is 164 Å². The van der Waals surface area contributed by atoms with Crippen molar-refractivity contribution in [1.29, 1.82) is 0 Å². The van der Waals surface area contributed by atoms with Crippen LogP contribution in [0.3, 0.4) is 0 Å². The van der Waals surface area contributed by atoms with Crippen LogP contribution in [0.5, 0.6) is 5.75 Å². The molecule has 1 aliphatic rings. The number of hydrogen-bond acceptors (Lipinski definition) is 5. The highest BCUT2D eigenvalue weighted by molar-refractivity contribution is 5.94. The molecular formula is C21H25N3O4. The maximum absolute atomic E-state index is 12.4. The Morgan fingerprint density at radius 1 is 1.11 bits per heavy atom. The number of aromatic nitrogens is 1. The second-order valence-corrected chi connectivity index (χ2v) is 6.85. The molecule has 7 heteroatoms. The second kappa shape index (κ2) is 9.85. The van der Waals surface area contributed by atoms with E-state index in [0.29, 0.717) is 38.0 Å². The van der Waals surface area contributed by atoms with Crippen LogP contribution in [0.25, 0.3) is 0 Å². The van der Waals surface area contributed by atoms with Gasteiger partial charge in [0.1, 0.15) is 12.4 Å². The van der Waals surface area contributed by atoms with E-state index < -0.39 is 12.1 Å². The third-order valence-electron chi connectivity index (χ3n) is 4.86. The normalized spacial score (nSPS) is 21.5. The summed E-state index contributed by atoms with van der Waals surface area (Å²) in [5, 5.41) is 15.9. The van der Waals surface area contributed by atoms with Crippen LogP contribution in [-0.2, 0) is 4.79 Å². The van der Waals surface area contributed by atoms with E-state index in [9.17, 15) is 14.7 Å². The predicted octanol–water partition coefficient (Wildman–Crippen LogP) is 1.54. The summed E-state index contributed by atoms with van der Waals surface area (Å²) in [6.45, 7) is 0.786. The van der Waals surface area contributed by atoms with Crippen molar-refractivity contribution in [2.45, 2.75) is 31.4 Å². The summed E-state index contributed by atoms with van der Waals surface area (Å²) in [4.78, 5) is 28.6. The van der Waals surface area contributed by atoms with E-state index in [0.717, 1.165) is 5.75 Å². The van der Waals surface area contributed by atoms with Crippen LogP contribution in [0, 0.1) is 5.92 Å². The summed E-state index contributed by atoms with van der Waals surface area (Å²) >= 11 is 0. The van der Waals surface area contributed by atoms with Gasteiger partial charge in [0, 0.05) is 23.9 Å². The number of ether oxygens (including phenoxy) is 1. The number of hydrogen-bond donors (Lipinski definition) is 3. The zero-order valence-corrected chi connectivity index (χ0v) is 15.6. The monoisotopic (exact) mass is 383 g/mol. The largest absolute Gasteiger partial charge is 0.492 e. The lowest BCUT2D eigenvalue weighted by Crippen LogP contribution is -2.49. The molecule has 1 fully saturated rings. The molecule has 1 aromatic heterocycles. The number of para-hydroxylation sites is 1. The minimum absolute atomic E-state index is 0.0771. The standard InChI is InChI=1S/C21H25N3O4/c25-19-7-6-16(14-18(19)24-21(27)15-8-10-22-11-9-15)20(26)23-12-13-28-17-4-2-1-3-5-17/h1-5,8-11,16,18-19,25H,6-7,12-14H2,(H,23,26)(H,24,27)/t16-,18+,19+/m0/s1. The van der Waals surface area contributed by atoms with Crippen LogP contribution in [0.4, 0.5) is 0 Å². The third kappa shape index (κ3) is 5.53. The zero-order chi connectivity index (χ0) is 19.8. The highest BCUT2D eigenvalue weighted by Gasteiger charge is 2.33. The highest BCUT2D eigenvalue weighted by atomic mass is 16.5. The maximum atomic E-state index is 12.4. The summed E-state index contributed by atoms with van der Waals surface area (Å²) < 4.78 is 5.57.